The molecular formula is C12H15BrO. The van der Waals surface area contributed by atoms with Crippen LogP contribution in [0.2, 0.25) is 0 Å². The van der Waals surface area contributed by atoms with Gasteiger partial charge in [-0.15, -0.1) is 0 Å². The molecule has 1 nitrogen and oxygen atoms in total. The maximum atomic E-state index is 5.65. The Bertz CT molecular complexity index is 288. The second-order valence-corrected chi connectivity index (χ2v) is 4.85. The van der Waals surface area contributed by atoms with Crippen LogP contribution in [0.5, 0.6) is 0 Å². The molecule has 76 valence electrons. The number of alkyl halides is 1. The van der Waals surface area contributed by atoms with Gasteiger partial charge in [-0.25, -0.2) is 0 Å². The summed E-state index contributed by atoms with van der Waals surface area (Å²) in [5.41, 5.74) is 2.63. The third kappa shape index (κ3) is 2.18. The molecule has 1 heterocycles. The summed E-state index contributed by atoms with van der Waals surface area (Å²) >= 11 is 3.71. The lowest BCUT2D eigenvalue weighted by atomic mass is 10.0. The molecule has 1 aliphatic heterocycles. The summed E-state index contributed by atoms with van der Waals surface area (Å²) in [5, 5.41) is 0. The van der Waals surface area contributed by atoms with Crippen LogP contribution in [0.4, 0.5) is 0 Å². The molecule has 0 N–H and O–H groups in total. The van der Waals surface area contributed by atoms with E-state index in [0.717, 1.165) is 6.61 Å². The van der Waals surface area contributed by atoms with E-state index < -0.39 is 0 Å². The van der Waals surface area contributed by atoms with Gasteiger partial charge in [-0.3, -0.25) is 0 Å². The highest BCUT2D eigenvalue weighted by Crippen LogP contribution is 2.33. The van der Waals surface area contributed by atoms with Crippen LogP contribution in [0.1, 0.15) is 28.8 Å². The summed E-state index contributed by atoms with van der Waals surface area (Å²) in [6, 6.07) is 8.66. The molecule has 1 aromatic carbocycles. The van der Waals surface area contributed by atoms with Crippen LogP contribution in [0.3, 0.4) is 0 Å². The van der Waals surface area contributed by atoms with Crippen LogP contribution in [0.15, 0.2) is 24.3 Å². The molecule has 0 bridgehead atoms. The minimum atomic E-state index is 0.352. The fourth-order valence-corrected chi connectivity index (χ4v) is 2.52. The van der Waals surface area contributed by atoms with Crippen LogP contribution in [0.25, 0.3) is 0 Å². The number of halogens is 1. The van der Waals surface area contributed by atoms with Gasteiger partial charge in [-0.1, -0.05) is 45.8 Å². The molecule has 0 saturated carbocycles. The zero-order valence-corrected chi connectivity index (χ0v) is 9.96. The molecule has 0 unspecified atom stereocenters. The first-order chi connectivity index (χ1) is 6.77. The number of benzene rings is 1. The first kappa shape index (κ1) is 10.2. The SMILES string of the molecule is Cc1ccc([C@H](Br)[C@H]2CCCO2)cc1. The molecule has 0 radical (unpaired) electrons. The van der Waals surface area contributed by atoms with E-state index in [0.29, 0.717) is 10.9 Å². The smallest absolute Gasteiger partial charge is 0.0741 e. The second kappa shape index (κ2) is 4.45. The van der Waals surface area contributed by atoms with Crippen molar-refractivity contribution in [3.63, 3.8) is 0 Å². The highest BCUT2D eigenvalue weighted by Gasteiger charge is 2.24. The van der Waals surface area contributed by atoms with Crippen molar-refractivity contribution in [3.8, 4) is 0 Å². The lowest BCUT2D eigenvalue weighted by molar-refractivity contribution is 0.110. The molecule has 0 aromatic heterocycles. The quantitative estimate of drug-likeness (QED) is 0.733. The van der Waals surface area contributed by atoms with E-state index in [2.05, 4.69) is 47.1 Å². The number of aryl methyl sites for hydroxylation is 1. The molecule has 1 fully saturated rings. The first-order valence-corrected chi connectivity index (χ1v) is 6.01. The Morgan fingerprint density at radius 1 is 1.36 bits per heavy atom. The summed E-state index contributed by atoms with van der Waals surface area (Å²) in [4.78, 5) is 0.352. The Morgan fingerprint density at radius 2 is 2.07 bits per heavy atom. The van der Waals surface area contributed by atoms with Gasteiger partial charge in [0, 0.05) is 6.61 Å². The van der Waals surface area contributed by atoms with Crippen LogP contribution >= 0.6 is 15.9 Å². The van der Waals surface area contributed by atoms with E-state index in [1.165, 1.54) is 24.0 Å². The molecule has 1 aromatic rings. The summed E-state index contributed by atoms with van der Waals surface area (Å²) in [5.74, 6) is 0. The number of hydrogen-bond acceptors (Lipinski definition) is 1. The second-order valence-electron chi connectivity index (χ2n) is 3.86. The summed E-state index contributed by atoms with van der Waals surface area (Å²) in [6.45, 7) is 3.03. The van der Waals surface area contributed by atoms with E-state index in [-0.39, 0.29) is 0 Å². The zero-order valence-electron chi connectivity index (χ0n) is 8.37. The average Bonchev–Trinajstić information content (AvgIpc) is 2.71. The molecule has 1 aliphatic rings. The maximum absolute atomic E-state index is 5.65. The van der Waals surface area contributed by atoms with E-state index in [1.807, 2.05) is 0 Å². The van der Waals surface area contributed by atoms with Gasteiger partial charge in [0.15, 0.2) is 0 Å². The molecule has 0 amide bonds. The van der Waals surface area contributed by atoms with E-state index >= 15 is 0 Å². The van der Waals surface area contributed by atoms with Gasteiger partial charge in [0.1, 0.15) is 0 Å². The molecule has 0 aliphatic carbocycles. The Balaban J connectivity index is 2.09. The molecular weight excluding hydrogens is 240 g/mol. The van der Waals surface area contributed by atoms with Gasteiger partial charge < -0.3 is 4.74 Å². The molecule has 2 heteroatoms. The largest absolute Gasteiger partial charge is 0.377 e. The van der Waals surface area contributed by atoms with E-state index in [4.69, 9.17) is 4.74 Å². The van der Waals surface area contributed by atoms with Crippen molar-refractivity contribution in [2.24, 2.45) is 0 Å². The average molecular weight is 255 g/mol. The lowest BCUT2D eigenvalue weighted by Crippen LogP contribution is -2.12. The monoisotopic (exact) mass is 254 g/mol. The Kier molecular flexibility index (Phi) is 3.24. The van der Waals surface area contributed by atoms with Gasteiger partial charge in [0.25, 0.3) is 0 Å². The van der Waals surface area contributed by atoms with Crippen molar-refractivity contribution in [3.05, 3.63) is 35.4 Å². The third-order valence-electron chi connectivity index (χ3n) is 2.69. The van der Waals surface area contributed by atoms with Crippen molar-refractivity contribution in [1.29, 1.82) is 0 Å². The Labute approximate surface area is 93.6 Å². The van der Waals surface area contributed by atoms with Crippen LogP contribution < -0.4 is 0 Å². The van der Waals surface area contributed by atoms with Crippen molar-refractivity contribution >= 4 is 15.9 Å². The first-order valence-electron chi connectivity index (χ1n) is 5.09. The van der Waals surface area contributed by atoms with Crippen LogP contribution in [-0.2, 0) is 4.74 Å². The fourth-order valence-electron chi connectivity index (χ4n) is 1.80. The predicted molar refractivity (Wildman–Crippen MR) is 61.8 cm³/mol. The van der Waals surface area contributed by atoms with Crippen molar-refractivity contribution < 1.29 is 4.74 Å². The molecule has 2 atom stereocenters. The molecule has 2 rings (SSSR count). The predicted octanol–water partition coefficient (Wildman–Crippen LogP) is 3.61. The Morgan fingerprint density at radius 3 is 2.64 bits per heavy atom. The molecule has 14 heavy (non-hydrogen) atoms. The van der Waals surface area contributed by atoms with Gasteiger partial charge in [0.2, 0.25) is 0 Å². The topological polar surface area (TPSA) is 9.23 Å². The summed E-state index contributed by atoms with van der Waals surface area (Å²) < 4.78 is 5.65. The lowest BCUT2D eigenvalue weighted by Gasteiger charge is -2.17. The number of rotatable bonds is 2. The van der Waals surface area contributed by atoms with E-state index in [9.17, 15) is 0 Å². The van der Waals surface area contributed by atoms with Crippen LogP contribution in [-0.4, -0.2) is 12.7 Å². The normalized spacial score (nSPS) is 23.7. The highest BCUT2D eigenvalue weighted by molar-refractivity contribution is 9.09. The Hall–Kier alpha value is -0.340. The molecule has 1 saturated heterocycles. The number of ether oxygens (including phenoxy) is 1. The fraction of sp³-hybridized carbons (Fsp3) is 0.500. The van der Waals surface area contributed by atoms with Gasteiger partial charge in [0.05, 0.1) is 10.9 Å². The summed E-state index contributed by atoms with van der Waals surface area (Å²) in [6.07, 6.45) is 2.72. The third-order valence-corrected chi connectivity index (χ3v) is 3.81. The highest BCUT2D eigenvalue weighted by atomic mass is 79.9. The molecule has 0 spiro atoms. The zero-order chi connectivity index (χ0) is 9.97. The van der Waals surface area contributed by atoms with Crippen molar-refractivity contribution in [1.82, 2.24) is 0 Å². The van der Waals surface area contributed by atoms with Crippen LogP contribution in [0, 0.1) is 6.92 Å². The number of hydrogen-bond donors (Lipinski definition) is 0. The van der Waals surface area contributed by atoms with Gasteiger partial charge >= 0.3 is 0 Å². The van der Waals surface area contributed by atoms with Crippen molar-refractivity contribution in [2.45, 2.75) is 30.7 Å². The van der Waals surface area contributed by atoms with Crippen molar-refractivity contribution in [2.75, 3.05) is 6.61 Å². The minimum absolute atomic E-state index is 0.352. The summed E-state index contributed by atoms with van der Waals surface area (Å²) in [7, 11) is 0. The van der Waals surface area contributed by atoms with Gasteiger partial charge in [-0.05, 0) is 25.3 Å². The van der Waals surface area contributed by atoms with Gasteiger partial charge in [-0.2, -0.15) is 0 Å². The minimum Gasteiger partial charge on any atom is -0.377 e. The van der Waals surface area contributed by atoms with E-state index in [1.54, 1.807) is 0 Å². The standard InChI is InChI=1S/C12H15BrO/c1-9-4-6-10(7-5-9)12(13)11-3-2-8-14-11/h4-7,11-12H,2-3,8H2,1H3/t11-,12+/m1/s1. The maximum Gasteiger partial charge on any atom is 0.0741 e.